The predicted molar refractivity (Wildman–Crippen MR) is 57.9 cm³/mol. The molecule has 4 nitrogen and oxygen atoms in total. The van der Waals surface area contributed by atoms with Crippen LogP contribution in [0.3, 0.4) is 0 Å². The third-order valence-corrected chi connectivity index (χ3v) is 3.22. The summed E-state index contributed by atoms with van der Waals surface area (Å²) in [5.41, 5.74) is -0.937. The monoisotopic (exact) mass is 215 g/mol. The van der Waals surface area contributed by atoms with Gasteiger partial charge >= 0.3 is 5.97 Å². The van der Waals surface area contributed by atoms with Crippen LogP contribution in [0.4, 0.5) is 0 Å². The van der Waals surface area contributed by atoms with Crippen molar-refractivity contribution in [2.24, 2.45) is 0 Å². The highest BCUT2D eigenvalue weighted by Crippen LogP contribution is 2.25. The Morgan fingerprint density at radius 3 is 2.40 bits per heavy atom. The quantitative estimate of drug-likeness (QED) is 0.744. The molecule has 15 heavy (non-hydrogen) atoms. The van der Waals surface area contributed by atoms with Crippen LogP contribution in [0.15, 0.2) is 0 Å². The maximum Gasteiger partial charge on any atom is 0.324 e. The van der Waals surface area contributed by atoms with E-state index < -0.39 is 11.5 Å². The third-order valence-electron chi connectivity index (χ3n) is 3.22. The van der Waals surface area contributed by atoms with E-state index in [0.29, 0.717) is 26.1 Å². The molecule has 0 radical (unpaired) electrons. The summed E-state index contributed by atoms with van der Waals surface area (Å²) in [6.07, 6.45) is 2.00. The maximum absolute atomic E-state index is 11.4. The van der Waals surface area contributed by atoms with Crippen molar-refractivity contribution in [1.29, 1.82) is 0 Å². The van der Waals surface area contributed by atoms with E-state index in [1.165, 1.54) is 0 Å². The van der Waals surface area contributed by atoms with Crippen molar-refractivity contribution in [1.82, 2.24) is 5.32 Å². The number of hydrogen-bond donors (Lipinski definition) is 2. The smallest absolute Gasteiger partial charge is 0.324 e. The normalized spacial score (nSPS) is 21.3. The number of nitrogens with one attached hydrogen (secondary N) is 1. The highest BCUT2D eigenvalue weighted by Gasteiger charge is 2.43. The first kappa shape index (κ1) is 12.5. The van der Waals surface area contributed by atoms with Gasteiger partial charge in [-0.2, -0.15) is 0 Å². The Balaban J connectivity index is 2.77. The molecule has 0 aromatic heterocycles. The van der Waals surface area contributed by atoms with E-state index in [9.17, 15) is 9.90 Å². The van der Waals surface area contributed by atoms with Crippen LogP contribution >= 0.6 is 0 Å². The molecule has 0 unspecified atom stereocenters. The highest BCUT2D eigenvalue weighted by atomic mass is 16.5. The Kier molecular flexibility index (Phi) is 3.73. The van der Waals surface area contributed by atoms with Gasteiger partial charge in [0.15, 0.2) is 0 Å². The largest absolute Gasteiger partial charge is 0.480 e. The lowest BCUT2D eigenvalue weighted by Gasteiger charge is -2.40. The summed E-state index contributed by atoms with van der Waals surface area (Å²) in [6, 6.07) is 0. The van der Waals surface area contributed by atoms with E-state index >= 15 is 0 Å². The molecule has 0 aliphatic carbocycles. The van der Waals surface area contributed by atoms with Gasteiger partial charge in [-0.3, -0.25) is 10.1 Å². The molecule has 0 bridgehead atoms. The third kappa shape index (κ3) is 2.92. The average Bonchev–Trinajstić information content (AvgIpc) is 2.18. The van der Waals surface area contributed by atoms with Crippen LogP contribution in [0, 0.1) is 0 Å². The zero-order chi connectivity index (χ0) is 11.5. The van der Waals surface area contributed by atoms with Crippen LogP contribution in [0.1, 0.15) is 40.0 Å². The molecule has 0 spiro atoms. The van der Waals surface area contributed by atoms with Crippen LogP contribution < -0.4 is 5.32 Å². The molecule has 4 heteroatoms. The fourth-order valence-corrected chi connectivity index (χ4v) is 1.85. The standard InChI is InChI=1S/C11H21NO3/c1-4-10(2,3)12-11(9(13)14)5-7-15-8-6-11/h12H,4-8H2,1-3H3,(H,13,14). The molecule has 0 aromatic carbocycles. The second kappa shape index (κ2) is 4.49. The van der Waals surface area contributed by atoms with E-state index in [1.54, 1.807) is 0 Å². The molecule has 0 saturated carbocycles. The average molecular weight is 215 g/mol. The van der Waals surface area contributed by atoms with Gasteiger partial charge in [-0.05, 0) is 33.1 Å². The first-order valence-electron chi connectivity index (χ1n) is 5.52. The minimum Gasteiger partial charge on any atom is -0.480 e. The van der Waals surface area contributed by atoms with Gasteiger partial charge in [0.05, 0.1) is 0 Å². The summed E-state index contributed by atoms with van der Waals surface area (Å²) in [5, 5.41) is 12.6. The van der Waals surface area contributed by atoms with Crippen LogP contribution in [0.5, 0.6) is 0 Å². The fraction of sp³-hybridized carbons (Fsp3) is 0.909. The number of carbonyl (C=O) groups is 1. The molecule has 0 amide bonds. The van der Waals surface area contributed by atoms with Crippen LogP contribution in [-0.4, -0.2) is 35.4 Å². The number of ether oxygens (including phenoxy) is 1. The Labute approximate surface area is 91.0 Å². The molecular weight excluding hydrogens is 194 g/mol. The lowest BCUT2D eigenvalue weighted by molar-refractivity contribution is -0.150. The zero-order valence-corrected chi connectivity index (χ0v) is 9.80. The van der Waals surface area contributed by atoms with Crippen molar-refractivity contribution in [2.45, 2.75) is 51.1 Å². The lowest BCUT2D eigenvalue weighted by Crippen LogP contribution is -2.62. The molecular formula is C11H21NO3. The first-order chi connectivity index (χ1) is 6.92. The number of carboxylic acids is 1. The molecule has 0 atom stereocenters. The van der Waals surface area contributed by atoms with Gasteiger partial charge in [0.1, 0.15) is 5.54 Å². The van der Waals surface area contributed by atoms with Crippen molar-refractivity contribution in [2.75, 3.05) is 13.2 Å². The second-order valence-electron chi connectivity index (χ2n) is 4.86. The summed E-state index contributed by atoms with van der Waals surface area (Å²) >= 11 is 0. The summed E-state index contributed by atoms with van der Waals surface area (Å²) < 4.78 is 5.22. The molecule has 1 saturated heterocycles. The molecule has 1 heterocycles. The van der Waals surface area contributed by atoms with E-state index in [4.69, 9.17) is 4.74 Å². The van der Waals surface area contributed by atoms with Gasteiger partial charge in [0.2, 0.25) is 0 Å². The van der Waals surface area contributed by atoms with Gasteiger partial charge < -0.3 is 9.84 Å². The van der Waals surface area contributed by atoms with Crippen LogP contribution in [0.2, 0.25) is 0 Å². The molecule has 1 aliphatic heterocycles. The molecule has 88 valence electrons. The summed E-state index contributed by atoms with van der Waals surface area (Å²) in [4.78, 5) is 11.4. The lowest BCUT2D eigenvalue weighted by atomic mass is 9.86. The van der Waals surface area contributed by atoms with E-state index in [2.05, 4.69) is 12.2 Å². The minimum atomic E-state index is -0.794. The van der Waals surface area contributed by atoms with Gasteiger partial charge in [0.25, 0.3) is 0 Å². The maximum atomic E-state index is 11.4. The van der Waals surface area contributed by atoms with Gasteiger partial charge in [0, 0.05) is 18.8 Å². The molecule has 1 rings (SSSR count). The first-order valence-corrected chi connectivity index (χ1v) is 5.52. The van der Waals surface area contributed by atoms with Crippen molar-refractivity contribution in [3.05, 3.63) is 0 Å². The molecule has 2 N–H and O–H groups in total. The minimum absolute atomic E-state index is 0.143. The zero-order valence-electron chi connectivity index (χ0n) is 9.80. The van der Waals surface area contributed by atoms with E-state index in [-0.39, 0.29) is 5.54 Å². The number of hydrogen-bond acceptors (Lipinski definition) is 3. The SMILES string of the molecule is CCC(C)(C)NC1(C(=O)O)CCOCC1. The Bertz CT molecular complexity index is 232. The number of rotatable bonds is 4. The van der Waals surface area contributed by atoms with Crippen molar-refractivity contribution >= 4 is 5.97 Å². The van der Waals surface area contributed by atoms with Crippen molar-refractivity contribution in [3.63, 3.8) is 0 Å². The summed E-state index contributed by atoms with van der Waals surface area (Å²) in [6.45, 7) is 7.18. The molecule has 0 aromatic rings. The van der Waals surface area contributed by atoms with Crippen molar-refractivity contribution in [3.8, 4) is 0 Å². The van der Waals surface area contributed by atoms with E-state index in [0.717, 1.165) is 6.42 Å². The van der Waals surface area contributed by atoms with Crippen molar-refractivity contribution < 1.29 is 14.6 Å². The number of aliphatic carboxylic acids is 1. The predicted octanol–water partition coefficient (Wildman–Crippen LogP) is 1.40. The van der Waals surface area contributed by atoms with Gasteiger partial charge in [-0.25, -0.2) is 0 Å². The molecule has 1 fully saturated rings. The van der Waals surface area contributed by atoms with Gasteiger partial charge in [-0.1, -0.05) is 6.92 Å². The topological polar surface area (TPSA) is 58.6 Å². The Morgan fingerprint density at radius 2 is 2.00 bits per heavy atom. The van der Waals surface area contributed by atoms with E-state index in [1.807, 2.05) is 13.8 Å². The Hall–Kier alpha value is -0.610. The Morgan fingerprint density at radius 1 is 1.47 bits per heavy atom. The number of carboxylic acid groups (broad SMARTS) is 1. The summed E-state index contributed by atoms with van der Waals surface area (Å²) in [5.74, 6) is -0.757. The molecule has 1 aliphatic rings. The van der Waals surface area contributed by atoms with Crippen LogP contribution in [0.25, 0.3) is 0 Å². The highest BCUT2D eigenvalue weighted by molar-refractivity contribution is 5.79. The second-order valence-corrected chi connectivity index (χ2v) is 4.86. The van der Waals surface area contributed by atoms with Crippen LogP contribution in [-0.2, 0) is 9.53 Å². The summed E-state index contributed by atoms with van der Waals surface area (Å²) in [7, 11) is 0. The fourth-order valence-electron chi connectivity index (χ4n) is 1.85. The van der Waals surface area contributed by atoms with Gasteiger partial charge in [-0.15, -0.1) is 0 Å².